The summed E-state index contributed by atoms with van der Waals surface area (Å²) in [6.07, 6.45) is -2.73. The largest absolute Gasteiger partial charge is 0.416 e. The summed E-state index contributed by atoms with van der Waals surface area (Å²) in [6, 6.07) is 8.81. The second-order valence-corrected chi connectivity index (χ2v) is 5.74. The third-order valence-electron chi connectivity index (χ3n) is 3.77. The molecule has 2 aromatic carbocycles. The first-order chi connectivity index (χ1) is 13.2. The van der Waals surface area contributed by atoms with E-state index in [1.165, 1.54) is 24.3 Å². The molecule has 1 heterocycles. The molecular weight excluding hydrogens is 381 g/mol. The minimum atomic E-state index is -4.42. The number of rotatable bonds is 5. The monoisotopic (exact) mass is 393 g/mol. The minimum absolute atomic E-state index is 0.0220. The Balaban J connectivity index is 1.70. The fourth-order valence-corrected chi connectivity index (χ4v) is 2.30. The average molecular weight is 393 g/mol. The first-order valence-corrected chi connectivity index (χ1v) is 7.94. The summed E-state index contributed by atoms with van der Waals surface area (Å²) in [6.45, 7) is 0. The van der Waals surface area contributed by atoms with Crippen molar-refractivity contribution in [1.29, 1.82) is 0 Å². The Morgan fingerprint density at radius 2 is 1.64 bits per heavy atom. The van der Waals surface area contributed by atoms with Crippen LogP contribution in [0.1, 0.15) is 33.6 Å². The van der Waals surface area contributed by atoms with Crippen LogP contribution in [0.2, 0.25) is 0 Å². The Hall–Kier alpha value is -3.36. The lowest BCUT2D eigenvalue weighted by Gasteiger charge is -2.06. The summed E-state index contributed by atoms with van der Waals surface area (Å²) in [5.41, 5.74) is -0.332. The highest BCUT2D eigenvalue weighted by Crippen LogP contribution is 2.29. The van der Waals surface area contributed by atoms with Crippen LogP contribution in [0.3, 0.4) is 0 Å². The minimum Gasteiger partial charge on any atom is -0.289 e. The maximum absolute atomic E-state index is 14.3. The summed E-state index contributed by atoms with van der Waals surface area (Å²) in [7, 11) is 0. The van der Waals surface area contributed by atoms with Gasteiger partial charge in [0.15, 0.2) is 5.82 Å². The lowest BCUT2D eigenvalue weighted by atomic mass is 10.1. The molecule has 0 aliphatic heterocycles. The Kier molecular flexibility index (Phi) is 5.34. The van der Waals surface area contributed by atoms with Crippen molar-refractivity contribution in [2.75, 3.05) is 0 Å². The molecule has 28 heavy (non-hydrogen) atoms. The molecular formula is C19H12F5N3O. The highest BCUT2D eigenvalue weighted by atomic mass is 19.4. The van der Waals surface area contributed by atoms with E-state index in [9.17, 15) is 26.7 Å². The van der Waals surface area contributed by atoms with E-state index >= 15 is 0 Å². The van der Waals surface area contributed by atoms with E-state index in [4.69, 9.17) is 0 Å². The molecule has 0 N–H and O–H groups in total. The van der Waals surface area contributed by atoms with Crippen LogP contribution in [-0.2, 0) is 6.18 Å². The molecule has 0 saturated heterocycles. The predicted molar refractivity (Wildman–Crippen MR) is 91.3 cm³/mol. The van der Waals surface area contributed by atoms with E-state index in [-0.39, 0.29) is 11.4 Å². The molecule has 0 bridgehead atoms. The van der Waals surface area contributed by atoms with Crippen LogP contribution in [0.5, 0.6) is 0 Å². The number of alkyl halides is 4. The zero-order valence-electron chi connectivity index (χ0n) is 14.1. The number of hydrogen-bond acceptors (Lipinski definition) is 3. The Morgan fingerprint density at radius 3 is 2.25 bits per heavy atom. The topological polar surface area (TPSA) is 47.8 Å². The number of ketones is 1. The normalized spacial score (nSPS) is 13.0. The van der Waals surface area contributed by atoms with Gasteiger partial charge in [0.05, 0.1) is 5.56 Å². The second-order valence-electron chi connectivity index (χ2n) is 5.74. The molecule has 0 saturated carbocycles. The average Bonchev–Trinajstić information content (AvgIpc) is 3.14. The number of carbonyl (C=O) groups is 1. The van der Waals surface area contributed by atoms with Crippen molar-refractivity contribution in [2.24, 2.45) is 0 Å². The Labute approximate surface area is 155 Å². The van der Waals surface area contributed by atoms with Gasteiger partial charge < -0.3 is 0 Å². The molecule has 0 aliphatic carbocycles. The highest BCUT2D eigenvalue weighted by Gasteiger charge is 2.29. The molecule has 0 spiro atoms. The molecule has 1 atom stereocenters. The number of Topliss-reactive ketones (excluding diaryl/α,β-unsaturated/α-hetero) is 1. The maximum Gasteiger partial charge on any atom is 0.416 e. The number of aromatic nitrogens is 3. The molecule has 0 amide bonds. The molecule has 3 aromatic rings. The van der Waals surface area contributed by atoms with Gasteiger partial charge in [-0.1, -0.05) is 18.2 Å². The van der Waals surface area contributed by atoms with Crippen molar-refractivity contribution in [3.63, 3.8) is 0 Å². The highest BCUT2D eigenvalue weighted by molar-refractivity contribution is 5.97. The van der Waals surface area contributed by atoms with Crippen molar-refractivity contribution in [2.45, 2.75) is 12.5 Å². The standard InChI is InChI=1S/C19H12F5N3O/c20-15-8-4-13(5-9-15)17(28)18(21)27-11-25-16(26-27)10-3-12-1-6-14(7-2-12)19(22,23)24/h1-11,18H. The summed E-state index contributed by atoms with van der Waals surface area (Å²) >= 11 is 0. The van der Waals surface area contributed by atoms with Gasteiger partial charge in [0.1, 0.15) is 12.1 Å². The second kappa shape index (κ2) is 7.71. The SMILES string of the molecule is O=C(c1ccc(F)cc1)C(F)n1cnc(C=Cc2ccc(C(F)(F)F)cc2)n1. The van der Waals surface area contributed by atoms with Crippen LogP contribution in [0, 0.1) is 5.82 Å². The molecule has 0 aliphatic rings. The van der Waals surface area contributed by atoms with E-state index in [0.29, 0.717) is 10.2 Å². The Bertz CT molecular complexity index is 992. The zero-order valence-corrected chi connectivity index (χ0v) is 14.1. The zero-order chi connectivity index (χ0) is 20.3. The third-order valence-corrected chi connectivity index (χ3v) is 3.77. The van der Waals surface area contributed by atoms with Crippen LogP contribution in [0.15, 0.2) is 54.9 Å². The van der Waals surface area contributed by atoms with Crippen LogP contribution >= 0.6 is 0 Å². The van der Waals surface area contributed by atoms with Crippen molar-refractivity contribution < 1.29 is 26.7 Å². The van der Waals surface area contributed by atoms with Crippen LogP contribution in [0.4, 0.5) is 22.0 Å². The first-order valence-electron chi connectivity index (χ1n) is 7.94. The number of nitrogens with zero attached hydrogens (tertiary/aromatic N) is 3. The van der Waals surface area contributed by atoms with Crippen LogP contribution < -0.4 is 0 Å². The molecule has 0 radical (unpaired) electrons. The van der Waals surface area contributed by atoms with Gasteiger partial charge in [-0.3, -0.25) is 4.79 Å². The Morgan fingerprint density at radius 1 is 1.00 bits per heavy atom. The van der Waals surface area contributed by atoms with Gasteiger partial charge in [-0.15, -0.1) is 5.10 Å². The van der Waals surface area contributed by atoms with Crippen LogP contribution in [-0.4, -0.2) is 20.5 Å². The fourth-order valence-electron chi connectivity index (χ4n) is 2.30. The van der Waals surface area contributed by atoms with Crippen molar-refractivity contribution in [1.82, 2.24) is 14.8 Å². The van der Waals surface area contributed by atoms with E-state index in [1.54, 1.807) is 0 Å². The van der Waals surface area contributed by atoms with Gasteiger partial charge in [-0.05, 0) is 48.0 Å². The van der Waals surface area contributed by atoms with Gasteiger partial charge in [0, 0.05) is 5.56 Å². The number of halogens is 5. The maximum atomic E-state index is 14.3. The lowest BCUT2D eigenvalue weighted by molar-refractivity contribution is -0.137. The van der Waals surface area contributed by atoms with Crippen molar-refractivity contribution in [3.05, 3.63) is 83.2 Å². The van der Waals surface area contributed by atoms with E-state index in [1.807, 2.05) is 0 Å². The molecule has 1 unspecified atom stereocenters. The van der Waals surface area contributed by atoms with Crippen molar-refractivity contribution >= 4 is 17.9 Å². The smallest absolute Gasteiger partial charge is 0.289 e. The van der Waals surface area contributed by atoms with E-state index in [0.717, 1.165) is 42.7 Å². The van der Waals surface area contributed by atoms with E-state index in [2.05, 4.69) is 10.1 Å². The van der Waals surface area contributed by atoms with Gasteiger partial charge in [-0.2, -0.15) is 13.2 Å². The number of carbonyl (C=O) groups excluding carboxylic acids is 1. The van der Waals surface area contributed by atoms with Gasteiger partial charge >= 0.3 is 6.18 Å². The number of benzene rings is 2. The van der Waals surface area contributed by atoms with Gasteiger partial charge in [0.2, 0.25) is 5.78 Å². The number of hydrogen-bond donors (Lipinski definition) is 0. The first kappa shape index (κ1) is 19.4. The quantitative estimate of drug-likeness (QED) is 0.455. The predicted octanol–water partition coefficient (Wildman–Crippen LogP) is 4.96. The summed E-state index contributed by atoms with van der Waals surface area (Å²) in [4.78, 5) is 15.9. The van der Waals surface area contributed by atoms with Gasteiger partial charge in [-0.25, -0.2) is 18.4 Å². The molecule has 9 heteroatoms. The third kappa shape index (κ3) is 4.48. The molecule has 3 rings (SSSR count). The lowest BCUT2D eigenvalue weighted by Crippen LogP contribution is -2.16. The molecule has 144 valence electrons. The van der Waals surface area contributed by atoms with E-state index < -0.39 is 29.6 Å². The summed E-state index contributed by atoms with van der Waals surface area (Å²) < 4.78 is 65.5. The van der Waals surface area contributed by atoms with Crippen molar-refractivity contribution in [3.8, 4) is 0 Å². The molecule has 4 nitrogen and oxygen atoms in total. The molecule has 1 aromatic heterocycles. The van der Waals surface area contributed by atoms with Crippen LogP contribution in [0.25, 0.3) is 12.2 Å². The van der Waals surface area contributed by atoms with Gasteiger partial charge in [0.25, 0.3) is 6.30 Å². The fraction of sp³-hybridized carbons (Fsp3) is 0.105. The summed E-state index contributed by atoms with van der Waals surface area (Å²) in [5, 5.41) is 3.82. The summed E-state index contributed by atoms with van der Waals surface area (Å²) in [5.74, 6) is -1.40. The molecule has 0 fully saturated rings.